The summed E-state index contributed by atoms with van der Waals surface area (Å²) in [4.78, 5) is 13.9. The fourth-order valence-electron chi connectivity index (χ4n) is 0.672. The van der Waals surface area contributed by atoms with Gasteiger partial charge in [0.1, 0.15) is 12.2 Å². The summed E-state index contributed by atoms with van der Waals surface area (Å²) in [7, 11) is 1.59. The number of aliphatic carboxylic acids is 1. The van der Waals surface area contributed by atoms with Crippen molar-refractivity contribution in [3.63, 3.8) is 0 Å². The SMILES string of the molecule is Cn1nc(Cl)nc1CC(=O)O. The highest BCUT2D eigenvalue weighted by Crippen LogP contribution is 2.02. The topological polar surface area (TPSA) is 68.0 Å². The molecule has 0 bridgehead atoms. The third-order valence-corrected chi connectivity index (χ3v) is 1.30. The van der Waals surface area contributed by atoms with E-state index in [1.165, 1.54) is 4.68 Å². The summed E-state index contributed by atoms with van der Waals surface area (Å²) in [5.41, 5.74) is 0. The molecule has 1 aromatic rings. The van der Waals surface area contributed by atoms with Gasteiger partial charge in [-0.25, -0.2) is 4.98 Å². The van der Waals surface area contributed by atoms with Crippen molar-refractivity contribution in [1.29, 1.82) is 0 Å². The second kappa shape index (κ2) is 2.87. The maximum Gasteiger partial charge on any atom is 0.311 e. The first-order valence-corrected chi connectivity index (χ1v) is 3.24. The Morgan fingerprint density at radius 3 is 2.82 bits per heavy atom. The van der Waals surface area contributed by atoms with Gasteiger partial charge in [0.05, 0.1) is 0 Å². The van der Waals surface area contributed by atoms with Crippen LogP contribution in [0.5, 0.6) is 0 Å². The number of rotatable bonds is 2. The van der Waals surface area contributed by atoms with Gasteiger partial charge in [-0.3, -0.25) is 9.48 Å². The van der Waals surface area contributed by atoms with E-state index in [9.17, 15) is 4.79 Å². The summed E-state index contributed by atoms with van der Waals surface area (Å²) >= 11 is 5.41. The van der Waals surface area contributed by atoms with E-state index in [-0.39, 0.29) is 11.7 Å². The molecule has 5 nitrogen and oxygen atoms in total. The molecule has 0 fully saturated rings. The highest BCUT2D eigenvalue weighted by molar-refractivity contribution is 6.28. The molecule has 1 aromatic heterocycles. The maximum atomic E-state index is 10.2. The second-order valence-corrected chi connectivity index (χ2v) is 2.33. The first-order valence-electron chi connectivity index (χ1n) is 2.87. The third-order valence-electron chi connectivity index (χ3n) is 1.14. The molecule has 6 heteroatoms. The Balaban J connectivity index is 2.85. The Hall–Kier alpha value is -1.10. The van der Waals surface area contributed by atoms with E-state index in [0.717, 1.165) is 0 Å². The van der Waals surface area contributed by atoms with Crippen LogP contribution in [0.2, 0.25) is 5.28 Å². The lowest BCUT2D eigenvalue weighted by atomic mass is 10.4. The molecule has 0 spiro atoms. The van der Waals surface area contributed by atoms with Crippen LogP contribution in [0, 0.1) is 0 Å². The smallest absolute Gasteiger partial charge is 0.311 e. The van der Waals surface area contributed by atoms with E-state index in [4.69, 9.17) is 16.7 Å². The number of carboxylic acid groups (broad SMARTS) is 1. The van der Waals surface area contributed by atoms with Gasteiger partial charge in [0.25, 0.3) is 0 Å². The number of nitrogens with zero attached hydrogens (tertiary/aromatic N) is 3. The molecule has 0 aliphatic rings. The standard InChI is InChI=1S/C5H6ClN3O2/c1-9-3(2-4(10)11)7-5(6)8-9/h2H2,1H3,(H,10,11). The molecule has 60 valence electrons. The molecule has 1 N–H and O–H groups in total. The first-order chi connectivity index (χ1) is 5.09. The zero-order valence-corrected chi connectivity index (χ0v) is 6.54. The second-order valence-electron chi connectivity index (χ2n) is 1.99. The molecule has 0 aromatic carbocycles. The molecule has 0 aliphatic carbocycles. The van der Waals surface area contributed by atoms with Gasteiger partial charge < -0.3 is 5.11 Å². The van der Waals surface area contributed by atoms with Gasteiger partial charge in [-0.05, 0) is 11.6 Å². The normalized spacial score (nSPS) is 10.0. The van der Waals surface area contributed by atoms with Crippen LogP contribution in [0.1, 0.15) is 5.82 Å². The molecule has 0 radical (unpaired) electrons. The van der Waals surface area contributed by atoms with Gasteiger partial charge in [0, 0.05) is 7.05 Å². The van der Waals surface area contributed by atoms with Gasteiger partial charge >= 0.3 is 5.97 Å². The van der Waals surface area contributed by atoms with Gasteiger partial charge in [-0.1, -0.05) is 0 Å². The molecule has 0 unspecified atom stereocenters. The lowest BCUT2D eigenvalue weighted by Crippen LogP contribution is -2.06. The Kier molecular flexibility index (Phi) is 2.09. The molecule has 0 saturated heterocycles. The lowest BCUT2D eigenvalue weighted by molar-refractivity contribution is -0.136. The summed E-state index contributed by atoms with van der Waals surface area (Å²) in [6.45, 7) is 0. The number of hydrogen-bond acceptors (Lipinski definition) is 3. The van der Waals surface area contributed by atoms with Crippen molar-refractivity contribution in [2.45, 2.75) is 6.42 Å². The van der Waals surface area contributed by atoms with Crippen molar-refractivity contribution < 1.29 is 9.90 Å². The average Bonchev–Trinajstić information content (AvgIpc) is 2.09. The predicted molar refractivity (Wildman–Crippen MR) is 37.4 cm³/mol. The number of halogens is 1. The summed E-state index contributed by atoms with van der Waals surface area (Å²) in [5.74, 6) is -0.598. The van der Waals surface area contributed by atoms with Crippen LogP contribution >= 0.6 is 11.6 Å². The molecule has 1 heterocycles. The molecule has 0 atom stereocenters. The summed E-state index contributed by atoms with van der Waals surface area (Å²) < 4.78 is 1.34. The van der Waals surface area contributed by atoms with Crippen molar-refractivity contribution in [3.8, 4) is 0 Å². The zero-order valence-electron chi connectivity index (χ0n) is 5.78. The van der Waals surface area contributed by atoms with E-state index in [1.807, 2.05) is 0 Å². The highest BCUT2D eigenvalue weighted by atomic mass is 35.5. The van der Waals surface area contributed by atoms with Crippen LogP contribution in [0.25, 0.3) is 0 Å². The van der Waals surface area contributed by atoms with Crippen LogP contribution < -0.4 is 0 Å². The van der Waals surface area contributed by atoms with E-state index in [0.29, 0.717) is 5.82 Å². The van der Waals surface area contributed by atoms with Gasteiger partial charge in [0.15, 0.2) is 0 Å². The summed E-state index contributed by atoms with van der Waals surface area (Å²) in [5, 5.41) is 12.1. The van der Waals surface area contributed by atoms with Crippen LogP contribution in [0.4, 0.5) is 0 Å². The predicted octanol–water partition coefficient (Wildman–Crippen LogP) is 0.0956. The average molecular weight is 176 g/mol. The molecular formula is C5H6ClN3O2. The van der Waals surface area contributed by atoms with E-state index >= 15 is 0 Å². The zero-order chi connectivity index (χ0) is 8.43. The third kappa shape index (κ3) is 1.91. The van der Waals surface area contributed by atoms with Gasteiger partial charge in [-0.15, -0.1) is 5.10 Å². The fraction of sp³-hybridized carbons (Fsp3) is 0.400. The first kappa shape index (κ1) is 8.00. The Morgan fingerprint density at radius 1 is 1.82 bits per heavy atom. The van der Waals surface area contributed by atoms with Crippen molar-refractivity contribution in [2.75, 3.05) is 0 Å². The van der Waals surface area contributed by atoms with Gasteiger partial charge in [-0.2, -0.15) is 0 Å². The van der Waals surface area contributed by atoms with Crippen molar-refractivity contribution >= 4 is 17.6 Å². The minimum Gasteiger partial charge on any atom is -0.481 e. The number of hydrogen-bond donors (Lipinski definition) is 1. The summed E-state index contributed by atoms with van der Waals surface area (Å²) in [6, 6.07) is 0. The van der Waals surface area contributed by atoms with Crippen molar-refractivity contribution in [1.82, 2.24) is 14.8 Å². The highest BCUT2D eigenvalue weighted by Gasteiger charge is 2.08. The van der Waals surface area contributed by atoms with Crippen molar-refractivity contribution in [3.05, 3.63) is 11.1 Å². The monoisotopic (exact) mass is 175 g/mol. The Labute approximate surface area is 67.6 Å². The molecule has 0 saturated carbocycles. The lowest BCUT2D eigenvalue weighted by Gasteiger charge is -1.92. The minimum absolute atomic E-state index is 0.0729. The molecule has 1 rings (SSSR count). The van der Waals surface area contributed by atoms with E-state index in [2.05, 4.69) is 10.1 Å². The molecule has 11 heavy (non-hydrogen) atoms. The van der Waals surface area contributed by atoms with E-state index < -0.39 is 5.97 Å². The summed E-state index contributed by atoms with van der Waals surface area (Å²) in [6.07, 6.45) is -0.157. The van der Waals surface area contributed by atoms with Crippen LogP contribution in [-0.4, -0.2) is 25.8 Å². The minimum atomic E-state index is -0.947. The van der Waals surface area contributed by atoms with Crippen molar-refractivity contribution in [2.24, 2.45) is 7.05 Å². The Morgan fingerprint density at radius 2 is 2.45 bits per heavy atom. The van der Waals surface area contributed by atoms with Crippen LogP contribution in [0.3, 0.4) is 0 Å². The van der Waals surface area contributed by atoms with Crippen LogP contribution in [-0.2, 0) is 18.3 Å². The fourth-order valence-corrected chi connectivity index (χ4v) is 0.883. The maximum absolute atomic E-state index is 10.2. The largest absolute Gasteiger partial charge is 0.481 e. The number of aryl methyl sites for hydroxylation is 1. The molecule has 0 aliphatic heterocycles. The van der Waals surface area contributed by atoms with Crippen LogP contribution in [0.15, 0.2) is 0 Å². The van der Waals surface area contributed by atoms with E-state index in [1.54, 1.807) is 7.05 Å². The quantitative estimate of drug-likeness (QED) is 0.692. The van der Waals surface area contributed by atoms with Gasteiger partial charge in [0.2, 0.25) is 5.28 Å². The molecular weight excluding hydrogens is 170 g/mol. The molecule has 0 amide bonds. The Bertz CT molecular complexity index is 283. The number of carbonyl (C=O) groups is 1. The number of aromatic nitrogens is 3. The number of carboxylic acids is 1.